The molecule has 2 heterocycles. The zero-order valence-corrected chi connectivity index (χ0v) is 14.0. The molecular formula is C16H21Cl2FN2O. The summed E-state index contributed by atoms with van der Waals surface area (Å²) in [5.74, 6) is -0.424. The Kier molecular flexibility index (Phi) is 5.70. The summed E-state index contributed by atoms with van der Waals surface area (Å²) in [5, 5.41) is 3.74. The van der Waals surface area contributed by atoms with Crippen LogP contribution in [0.1, 0.15) is 24.8 Å². The molecule has 0 radical (unpaired) electrons. The van der Waals surface area contributed by atoms with E-state index in [-0.39, 0.29) is 24.7 Å². The lowest BCUT2D eigenvalue weighted by Gasteiger charge is -2.39. The highest BCUT2D eigenvalue weighted by Gasteiger charge is 2.38. The van der Waals surface area contributed by atoms with Crippen molar-refractivity contribution < 1.29 is 9.18 Å². The van der Waals surface area contributed by atoms with Crippen LogP contribution < -0.4 is 5.32 Å². The minimum absolute atomic E-state index is 0. The van der Waals surface area contributed by atoms with Crippen LogP contribution in [-0.2, 0) is 11.2 Å². The standard InChI is InChI=1S/C16H20ClFN2O.ClH/c17-13-2-1-3-14(18)12(13)10-15(21)20-8-5-16(6-9-20)4-7-19-11-16;/h1-3,19H,4-11H2;1H. The van der Waals surface area contributed by atoms with E-state index in [4.69, 9.17) is 11.6 Å². The van der Waals surface area contributed by atoms with E-state index >= 15 is 0 Å². The summed E-state index contributed by atoms with van der Waals surface area (Å²) in [4.78, 5) is 14.2. The predicted octanol–water partition coefficient (Wildman–Crippen LogP) is 3.05. The third kappa shape index (κ3) is 3.55. The number of hydrogen-bond donors (Lipinski definition) is 1. The van der Waals surface area contributed by atoms with Crippen LogP contribution in [0.4, 0.5) is 4.39 Å². The third-order valence-electron chi connectivity index (χ3n) is 4.90. The number of benzene rings is 1. The van der Waals surface area contributed by atoms with E-state index in [2.05, 4.69) is 5.32 Å². The smallest absolute Gasteiger partial charge is 0.227 e. The summed E-state index contributed by atoms with van der Waals surface area (Å²) in [6, 6.07) is 4.54. The fraction of sp³-hybridized carbons (Fsp3) is 0.562. The summed E-state index contributed by atoms with van der Waals surface area (Å²) >= 11 is 5.99. The van der Waals surface area contributed by atoms with Crippen LogP contribution in [0.5, 0.6) is 0 Å². The topological polar surface area (TPSA) is 32.3 Å². The van der Waals surface area contributed by atoms with Gasteiger partial charge >= 0.3 is 0 Å². The van der Waals surface area contributed by atoms with Crippen molar-refractivity contribution in [2.24, 2.45) is 5.41 Å². The number of carbonyl (C=O) groups excluding carboxylic acids is 1. The number of nitrogens with zero attached hydrogens (tertiary/aromatic N) is 1. The van der Waals surface area contributed by atoms with Gasteiger partial charge in [0.25, 0.3) is 0 Å². The molecule has 0 atom stereocenters. The minimum Gasteiger partial charge on any atom is -0.342 e. The maximum Gasteiger partial charge on any atom is 0.227 e. The van der Waals surface area contributed by atoms with Crippen molar-refractivity contribution in [1.29, 1.82) is 0 Å². The van der Waals surface area contributed by atoms with Crippen molar-refractivity contribution in [3.05, 3.63) is 34.6 Å². The van der Waals surface area contributed by atoms with Crippen molar-refractivity contribution in [3.63, 3.8) is 0 Å². The first-order valence-corrected chi connectivity index (χ1v) is 7.89. The second-order valence-corrected chi connectivity index (χ2v) is 6.59. The molecule has 1 aromatic rings. The van der Waals surface area contributed by atoms with Crippen molar-refractivity contribution in [2.75, 3.05) is 26.2 Å². The van der Waals surface area contributed by atoms with Gasteiger partial charge in [-0.05, 0) is 43.4 Å². The molecule has 122 valence electrons. The van der Waals surface area contributed by atoms with Crippen molar-refractivity contribution >= 4 is 29.9 Å². The number of amides is 1. The monoisotopic (exact) mass is 346 g/mol. The summed E-state index contributed by atoms with van der Waals surface area (Å²) in [6.45, 7) is 3.69. The van der Waals surface area contributed by atoms with Gasteiger partial charge in [0.1, 0.15) is 5.82 Å². The van der Waals surface area contributed by atoms with Crippen molar-refractivity contribution in [3.8, 4) is 0 Å². The second kappa shape index (κ2) is 7.16. The average Bonchev–Trinajstić information content (AvgIpc) is 2.92. The number of hydrogen-bond acceptors (Lipinski definition) is 2. The van der Waals surface area contributed by atoms with Crippen molar-refractivity contribution in [2.45, 2.75) is 25.7 Å². The molecule has 0 aromatic heterocycles. The Morgan fingerprint density at radius 1 is 1.32 bits per heavy atom. The normalized spacial score (nSPS) is 20.0. The molecule has 0 unspecified atom stereocenters. The highest BCUT2D eigenvalue weighted by Crippen LogP contribution is 2.37. The minimum atomic E-state index is -0.399. The number of rotatable bonds is 2. The second-order valence-electron chi connectivity index (χ2n) is 6.18. The molecule has 2 aliphatic heterocycles. The molecule has 0 saturated carbocycles. The van der Waals surface area contributed by atoms with Gasteiger partial charge in [0, 0.05) is 30.2 Å². The summed E-state index contributed by atoms with van der Waals surface area (Å²) in [7, 11) is 0. The molecule has 3 rings (SSSR count). The Hall–Kier alpha value is -0.840. The van der Waals surface area contributed by atoms with E-state index in [1.165, 1.54) is 12.5 Å². The molecule has 2 saturated heterocycles. The lowest BCUT2D eigenvalue weighted by molar-refractivity contribution is -0.132. The van der Waals surface area contributed by atoms with Gasteiger partial charge in [-0.2, -0.15) is 0 Å². The van der Waals surface area contributed by atoms with Gasteiger partial charge in [0.15, 0.2) is 0 Å². The van der Waals surface area contributed by atoms with E-state index < -0.39 is 5.82 Å². The van der Waals surface area contributed by atoms with E-state index in [1.807, 2.05) is 4.90 Å². The number of piperidine rings is 1. The van der Waals surface area contributed by atoms with Crippen LogP contribution in [0.15, 0.2) is 18.2 Å². The number of likely N-dealkylation sites (tertiary alicyclic amines) is 1. The summed E-state index contributed by atoms with van der Waals surface area (Å²) in [6.07, 6.45) is 3.33. The lowest BCUT2D eigenvalue weighted by atomic mass is 9.78. The Bertz CT molecular complexity index is 517. The Morgan fingerprint density at radius 3 is 2.64 bits per heavy atom. The van der Waals surface area contributed by atoms with E-state index in [1.54, 1.807) is 12.1 Å². The number of carbonyl (C=O) groups is 1. The van der Waals surface area contributed by atoms with Gasteiger partial charge < -0.3 is 10.2 Å². The van der Waals surface area contributed by atoms with E-state index in [0.717, 1.165) is 39.0 Å². The largest absolute Gasteiger partial charge is 0.342 e. The molecule has 0 aliphatic carbocycles. The molecule has 0 bridgehead atoms. The van der Waals surface area contributed by atoms with Gasteiger partial charge in [-0.3, -0.25) is 4.79 Å². The highest BCUT2D eigenvalue weighted by molar-refractivity contribution is 6.31. The fourth-order valence-corrected chi connectivity index (χ4v) is 3.65. The van der Waals surface area contributed by atoms with Gasteiger partial charge in [-0.1, -0.05) is 17.7 Å². The maximum absolute atomic E-state index is 13.8. The highest BCUT2D eigenvalue weighted by atomic mass is 35.5. The lowest BCUT2D eigenvalue weighted by Crippen LogP contribution is -2.44. The fourth-order valence-electron chi connectivity index (χ4n) is 3.42. The van der Waals surface area contributed by atoms with Gasteiger partial charge in [-0.15, -0.1) is 12.4 Å². The van der Waals surface area contributed by atoms with Crippen LogP contribution in [0, 0.1) is 11.2 Å². The molecule has 1 aromatic carbocycles. The van der Waals surface area contributed by atoms with Crippen LogP contribution in [-0.4, -0.2) is 37.0 Å². The van der Waals surface area contributed by atoms with Gasteiger partial charge in [-0.25, -0.2) is 4.39 Å². The van der Waals surface area contributed by atoms with Crippen LogP contribution >= 0.6 is 24.0 Å². The Morgan fingerprint density at radius 2 is 2.05 bits per heavy atom. The SMILES string of the molecule is Cl.O=C(Cc1c(F)cccc1Cl)N1CCC2(CCNC2)CC1. The molecule has 2 fully saturated rings. The zero-order chi connectivity index (χ0) is 14.9. The van der Waals surface area contributed by atoms with Crippen LogP contribution in [0.3, 0.4) is 0 Å². The maximum atomic E-state index is 13.8. The molecule has 2 aliphatic rings. The number of nitrogens with one attached hydrogen (secondary N) is 1. The molecule has 3 nitrogen and oxygen atoms in total. The van der Waals surface area contributed by atoms with Gasteiger partial charge in [0.05, 0.1) is 6.42 Å². The predicted molar refractivity (Wildman–Crippen MR) is 88.1 cm³/mol. The molecule has 1 spiro atoms. The Balaban J connectivity index is 0.00000176. The van der Waals surface area contributed by atoms with E-state index in [0.29, 0.717) is 16.0 Å². The molecule has 1 amide bonds. The number of halogens is 3. The van der Waals surface area contributed by atoms with Gasteiger partial charge in [0.2, 0.25) is 5.91 Å². The first-order valence-electron chi connectivity index (χ1n) is 7.51. The zero-order valence-electron chi connectivity index (χ0n) is 12.4. The molecular weight excluding hydrogens is 326 g/mol. The molecule has 22 heavy (non-hydrogen) atoms. The third-order valence-corrected chi connectivity index (χ3v) is 5.25. The first kappa shape index (κ1) is 17.5. The Labute approximate surface area is 141 Å². The van der Waals surface area contributed by atoms with Crippen molar-refractivity contribution in [1.82, 2.24) is 10.2 Å². The molecule has 1 N–H and O–H groups in total. The summed E-state index contributed by atoms with van der Waals surface area (Å²) < 4.78 is 13.8. The van der Waals surface area contributed by atoms with E-state index in [9.17, 15) is 9.18 Å². The van der Waals surface area contributed by atoms with Crippen LogP contribution in [0.2, 0.25) is 5.02 Å². The summed E-state index contributed by atoms with van der Waals surface area (Å²) in [5.41, 5.74) is 0.693. The quantitative estimate of drug-likeness (QED) is 0.892. The molecule has 6 heteroatoms. The van der Waals surface area contributed by atoms with Crippen LogP contribution in [0.25, 0.3) is 0 Å². The average molecular weight is 347 g/mol. The first-order chi connectivity index (χ1) is 10.1.